The van der Waals surface area contributed by atoms with Gasteiger partial charge < -0.3 is 4.18 Å². The Labute approximate surface area is 248 Å². The second kappa shape index (κ2) is 12.4. The second-order valence-electron chi connectivity index (χ2n) is 9.09. The number of hydrogen-bond acceptors (Lipinski definition) is 5. The third-order valence-electron chi connectivity index (χ3n) is 5.95. The van der Waals surface area contributed by atoms with Crippen LogP contribution in [-0.2, 0) is 20.2 Å². The van der Waals surface area contributed by atoms with E-state index in [4.69, 9.17) is 4.18 Å². The van der Waals surface area contributed by atoms with E-state index in [1.807, 2.05) is 0 Å². The number of alkyl halides is 9. The van der Waals surface area contributed by atoms with Gasteiger partial charge >= 0.3 is 43.5 Å². The van der Waals surface area contributed by atoms with Gasteiger partial charge in [-0.25, -0.2) is 0 Å². The Bertz CT molecular complexity index is 1590. The van der Waals surface area contributed by atoms with Gasteiger partial charge in [0.2, 0.25) is 0 Å². The summed E-state index contributed by atoms with van der Waals surface area (Å²) in [5, 5.41) is -7.07. The summed E-state index contributed by atoms with van der Waals surface area (Å²) in [5.41, 5.74) is 0. The minimum absolute atomic E-state index is 0.235. The van der Waals surface area contributed by atoms with Crippen molar-refractivity contribution >= 4 is 30.5 Å². The highest BCUT2D eigenvalue weighted by Gasteiger charge is 2.88. The number of benzene rings is 3. The standard InChI is InChI=1S/C26H23F9O6S3/c1-2-3-18-42(36,37)40-19-14-16-22(17-15-19)43(20-10-6-4-7-11-20,21-12-8-5-9-13-21)41-44(38,39)26(34,35)24(29,30)23(27,28)25(31,32)33/h4-17H,2-3,18H2,1H3/p+1. The van der Waals surface area contributed by atoms with E-state index in [2.05, 4.69) is 3.63 Å². The summed E-state index contributed by atoms with van der Waals surface area (Å²) in [4.78, 5) is -0.806. The average molecular weight is 700 g/mol. The minimum Gasteiger partial charge on any atom is -0.382 e. The van der Waals surface area contributed by atoms with Crippen LogP contribution >= 0.6 is 10.3 Å². The fourth-order valence-corrected chi connectivity index (χ4v) is 10.3. The van der Waals surface area contributed by atoms with E-state index < -0.39 is 53.8 Å². The Morgan fingerprint density at radius 3 is 1.48 bits per heavy atom. The molecule has 6 nitrogen and oxygen atoms in total. The molecule has 0 radical (unpaired) electrons. The molecule has 0 aliphatic carbocycles. The first-order valence-corrected chi connectivity index (χ1v) is 16.9. The minimum atomic E-state index is -7.50. The lowest BCUT2D eigenvalue weighted by Gasteiger charge is -2.37. The molecule has 18 heteroatoms. The number of hydrogen-bond donors (Lipinski definition) is 0. The molecule has 0 spiro atoms. The van der Waals surface area contributed by atoms with Crippen LogP contribution < -0.4 is 4.18 Å². The lowest BCUT2D eigenvalue weighted by molar-refractivity contribution is -0.382. The Kier molecular flexibility index (Phi) is 10.0. The highest BCUT2D eigenvalue weighted by atomic mass is 32.3. The van der Waals surface area contributed by atoms with Crippen molar-refractivity contribution in [1.29, 1.82) is 0 Å². The summed E-state index contributed by atoms with van der Waals surface area (Å²) in [6, 6.07) is 16.5. The zero-order valence-electron chi connectivity index (χ0n) is 22.3. The normalized spacial score (nSPS) is 14.3. The van der Waals surface area contributed by atoms with Gasteiger partial charge in [-0.15, -0.1) is 8.42 Å². The molecule has 0 aliphatic rings. The van der Waals surface area contributed by atoms with Gasteiger partial charge in [-0.2, -0.15) is 47.9 Å². The van der Waals surface area contributed by atoms with Gasteiger partial charge in [-0.1, -0.05) is 49.7 Å². The van der Waals surface area contributed by atoms with Crippen LogP contribution in [0.4, 0.5) is 39.5 Å². The quantitative estimate of drug-likeness (QED) is 0.0776. The molecule has 244 valence electrons. The van der Waals surface area contributed by atoms with E-state index in [-0.39, 0.29) is 32.6 Å². The average Bonchev–Trinajstić information content (AvgIpc) is 2.95. The van der Waals surface area contributed by atoms with Crippen molar-refractivity contribution in [3.63, 3.8) is 0 Å². The van der Waals surface area contributed by atoms with Crippen LogP contribution in [0.3, 0.4) is 0 Å². The van der Waals surface area contributed by atoms with Gasteiger partial charge in [0.05, 0.1) is 30.7 Å². The molecule has 3 aromatic rings. The Morgan fingerprint density at radius 1 is 0.636 bits per heavy atom. The van der Waals surface area contributed by atoms with Crippen LogP contribution in [0.15, 0.2) is 99.6 Å². The van der Waals surface area contributed by atoms with Crippen molar-refractivity contribution in [3.8, 4) is 5.75 Å². The van der Waals surface area contributed by atoms with Gasteiger partial charge in [0.25, 0.3) is 0 Å². The van der Waals surface area contributed by atoms with Crippen LogP contribution in [0.5, 0.6) is 5.75 Å². The van der Waals surface area contributed by atoms with Crippen molar-refractivity contribution in [2.24, 2.45) is 0 Å². The summed E-state index contributed by atoms with van der Waals surface area (Å²) in [5.74, 6) is -15.7. The summed E-state index contributed by atoms with van der Waals surface area (Å²) in [6.07, 6.45) is -6.50. The zero-order chi connectivity index (χ0) is 33.2. The molecule has 0 heterocycles. The molecule has 0 aliphatic heterocycles. The monoisotopic (exact) mass is 699 g/mol. The number of halogens is 9. The molecule has 0 unspecified atom stereocenters. The van der Waals surface area contributed by atoms with Gasteiger partial charge in [0.15, 0.2) is 0 Å². The highest BCUT2D eigenvalue weighted by Crippen LogP contribution is 2.69. The highest BCUT2D eigenvalue weighted by molar-refractivity contribution is 8.32. The first-order chi connectivity index (χ1) is 20.2. The van der Waals surface area contributed by atoms with Crippen LogP contribution in [0.2, 0.25) is 0 Å². The lowest BCUT2D eigenvalue weighted by Crippen LogP contribution is -2.63. The predicted octanol–water partition coefficient (Wildman–Crippen LogP) is 8.24. The first-order valence-electron chi connectivity index (χ1n) is 12.3. The fraction of sp³-hybridized carbons (Fsp3) is 0.308. The zero-order valence-corrected chi connectivity index (χ0v) is 24.8. The SMILES string of the molecule is CCCCS(=O)(=O)Oc1ccc(S([OH+]S(=O)(=O)C(F)(F)C(F)(F)C(F)(F)C(F)(F)F)(c2ccccc2)c2ccccc2)cc1. The maximum atomic E-state index is 14.9. The van der Waals surface area contributed by atoms with Crippen molar-refractivity contribution in [3.05, 3.63) is 84.9 Å². The van der Waals surface area contributed by atoms with Crippen molar-refractivity contribution in [2.75, 3.05) is 5.75 Å². The van der Waals surface area contributed by atoms with E-state index >= 15 is 0 Å². The smallest absolute Gasteiger partial charge is 0.382 e. The van der Waals surface area contributed by atoms with Gasteiger partial charge in [-0.3, -0.25) is 3.63 Å². The Hall–Kier alpha value is -2.96. The Morgan fingerprint density at radius 2 is 1.07 bits per heavy atom. The molecule has 44 heavy (non-hydrogen) atoms. The molecule has 0 saturated heterocycles. The number of unbranched alkanes of at least 4 members (excludes halogenated alkanes) is 1. The largest absolute Gasteiger partial charge is 0.486 e. The van der Waals surface area contributed by atoms with E-state index in [1.165, 1.54) is 36.4 Å². The van der Waals surface area contributed by atoms with E-state index in [1.54, 1.807) is 6.92 Å². The summed E-state index contributed by atoms with van der Waals surface area (Å²) in [7, 11) is -15.4. The van der Waals surface area contributed by atoms with E-state index in [0.717, 1.165) is 48.5 Å². The van der Waals surface area contributed by atoms with Crippen LogP contribution in [0, 0.1) is 0 Å². The van der Waals surface area contributed by atoms with Crippen LogP contribution in [-0.4, -0.2) is 49.5 Å². The van der Waals surface area contributed by atoms with Crippen molar-refractivity contribution < 1.29 is 64.2 Å². The second-order valence-corrected chi connectivity index (χ2v) is 15.4. The lowest BCUT2D eigenvalue weighted by atomic mass is 10.1. The molecule has 0 aromatic heterocycles. The van der Waals surface area contributed by atoms with E-state index in [0.29, 0.717) is 6.42 Å². The molecule has 0 saturated carbocycles. The predicted molar refractivity (Wildman–Crippen MR) is 143 cm³/mol. The summed E-state index contributed by atoms with van der Waals surface area (Å²) in [6.45, 7) is 1.72. The fourth-order valence-electron chi connectivity index (χ4n) is 3.69. The van der Waals surface area contributed by atoms with Gasteiger partial charge in [0, 0.05) is 0 Å². The summed E-state index contributed by atoms with van der Waals surface area (Å²) < 4.78 is 183. The Balaban J connectivity index is 2.28. The van der Waals surface area contributed by atoms with Gasteiger partial charge in [-0.05, 0) is 55.0 Å². The van der Waals surface area contributed by atoms with Crippen molar-refractivity contribution in [2.45, 2.75) is 57.7 Å². The molecule has 3 rings (SSSR count). The third-order valence-corrected chi connectivity index (χ3v) is 12.6. The summed E-state index contributed by atoms with van der Waals surface area (Å²) >= 11 is 0. The molecular weight excluding hydrogens is 675 g/mol. The molecule has 0 fully saturated rings. The van der Waals surface area contributed by atoms with Crippen molar-refractivity contribution in [1.82, 2.24) is 0 Å². The molecular formula is C26H24F9O6S3+. The molecule has 3 aromatic carbocycles. The first kappa shape index (κ1) is 35.5. The maximum Gasteiger partial charge on any atom is 0.486 e. The topological polar surface area (TPSA) is 90.3 Å². The van der Waals surface area contributed by atoms with E-state index in [9.17, 15) is 56.3 Å². The number of rotatable bonds is 13. The molecule has 1 N–H and O–H groups in total. The third kappa shape index (κ3) is 6.53. The van der Waals surface area contributed by atoms with Gasteiger partial charge in [0.1, 0.15) is 5.75 Å². The molecule has 0 atom stereocenters. The molecule has 0 amide bonds. The van der Waals surface area contributed by atoms with Crippen LogP contribution in [0.1, 0.15) is 19.8 Å². The maximum absolute atomic E-state index is 14.9. The van der Waals surface area contributed by atoms with Crippen LogP contribution in [0.25, 0.3) is 0 Å². The molecule has 0 bridgehead atoms.